The van der Waals surface area contributed by atoms with Crippen LogP contribution in [0, 0.1) is 12.7 Å². The smallest absolute Gasteiger partial charge is 0.350 e. The van der Waals surface area contributed by atoms with E-state index in [4.69, 9.17) is 18.6 Å². The average Bonchev–Trinajstić information content (AvgIpc) is 3.54. The van der Waals surface area contributed by atoms with Gasteiger partial charge in [-0.3, -0.25) is 14.5 Å². The highest BCUT2D eigenvalue weighted by Gasteiger charge is 2.45. The maximum absolute atomic E-state index is 14.2. The van der Waals surface area contributed by atoms with Crippen molar-refractivity contribution in [3.05, 3.63) is 116 Å². The van der Waals surface area contributed by atoms with E-state index < -0.39 is 29.2 Å². The van der Waals surface area contributed by atoms with E-state index in [-0.39, 0.29) is 38.9 Å². The van der Waals surface area contributed by atoms with Crippen molar-refractivity contribution in [1.82, 2.24) is 4.98 Å². The third-order valence-electron chi connectivity index (χ3n) is 7.10. The molecule has 3 aromatic carbocycles. The van der Waals surface area contributed by atoms with Crippen molar-refractivity contribution >= 4 is 39.3 Å². The lowest BCUT2D eigenvalue weighted by Crippen LogP contribution is -2.29. The Balaban J connectivity index is 1.50. The van der Waals surface area contributed by atoms with Gasteiger partial charge in [0.25, 0.3) is 5.91 Å². The van der Waals surface area contributed by atoms with Gasteiger partial charge >= 0.3 is 5.97 Å². The Bertz CT molecular complexity index is 1950. The van der Waals surface area contributed by atoms with Crippen molar-refractivity contribution in [2.75, 3.05) is 18.1 Å². The molecule has 0 spiro atoms. The lowest BCUT2D eigenvalue weighted by molar-refractivity contribution is 0.0531. The summed E-state index contributed by atoms with van der Waals surface area (Å²) in [5, 5.41) is 0.169. The van der Waals surface area contributed by atoms with Crippen LogP contribution in [0.5, 0.6) is 11.5 Å². The summed E-state index contributed by atoms with van der Waals surface area (Å²) in [7, 11) is 0. The molecule has 1 amide bonds. The summed E-state index contributed by atoms with van der Waals surface area (Å²) in [5.41, 5.74) is 1.39. The standard InChI is InChI=1S/C33H27FN2O7S/c1-4-40-25-15-20(11-13-24(25)42-17-19-9-7-6-8-10-19)27-26-28(37)22-16-21(34)12-14-23(22)43-29(26)31(38)36(27)33-35-18(3)30(44-33)32(39)41-5-2/h6-16,27H,4-5,17H2,1-3H3. The highest BCUT2D eigenvalue weighted by atomic mass is 32.1. The summed E-state index contributed by atoms with van der Waals surface area (Å²) in [4.78, 5) is 46.6. The number of benzene rings is 3. The van der Waals surface area contributed by atoms with Crippen molar-refractivity contribution in [1.29, 1.82) is 0 Å². The zero-order chi connectivity index (χ0) is 31.0. The van der Waals surface area contributed by atoms with E-state index in [0.717, 1.165) is 29.0 Å². The molecule has 1 aliphatic heterocycles. The minimum Gasteiger partial charge on any atom is -0.490 e. The van der Waals surface area contributed by atoms with Crippen LogP contribution in [0.2, 0.25) is 0 Å². The van der Waals surface area contributed by atoms with Crippen LogP contribution in [0.25, 0.3) is 11.0 Å². The Kier molecular flexibility index (Phi) is 7.88. The molecule has 0 saturated carbocycles. The van der Waals surface area contributed by atoms with Gasteiger partial charge in [-0.25, -0.2) is 14.2 Å². The van der Waals surface area contributed by atoms with Gasteiger partial charge in [0.2, 0.25) is 5.76 Å². The molecule has 11 heteroatoms. The molecule has 5 aromatic rings. The third kappa shape index (κ3) is 5.19. The average molecular weight is 615 g/mol. The Morgan fingerprint density at radius 1 is 1.00 bits per heavy atom. The number of aryl methyl sites for hydroxylation is 1. The van der Waals surface area contributed by atoms with E-state index >= 15 is 0 Å². The van der Waals surface area contributed by atoms with Crippen LogP contribution < -0.4 is 19.8 Å². The van der Waals surface area contributed by atoms with Crippen LogP contribution in [0.3, 0.4) is 0 Å². The maximum Gasteiger partial charge on any atom is 0.350 e. The van der Waals surface area contributed by atoms with Crippen LogP contribution in [-0.4, -0.2) is 30.1 Å². The van der Waals surface area contributed by atoms with Crippen molar-refractivity contribution < 1.29 is 32.6 Å². The molecule has 0 fully saturated rings. The number of thiazole rings is 1. The topological polar surface area (TPSA) is 108 Å². The largest absolute Gasteiger partial charge is 0.490 e. The number of aromatic nitrogens is 1. The Labute approximate surface area is 255 Å². The maximum atomic E-state index is 14.2. The third-order valence-corrected chi connectivity index (χ3v) is 8.24. The monoisotopic (exact) mass is 614 g/mol. The molecule has 0 N–H and O–H groups in total. The van der Waals surface area contributed by atoms with Crippen molar-refractivity contribution in [2.45, 2.75) is 33.4 Å². The molecular weight excluding hydrogens is 587 g/mol. The first-order valence-electron chi connectivity index (χ1n) is 14.0. The van der Waals surface area contributed by atoms with E-state index in [1.165, 1.54) is 11.0 Å². The van der Waals surface area contributed by atoms with Crippen molar-refractivity contribution in [2.24, 2.45) is 0 Å². The normalized spacial score (nSPS) is 14.1. The number of hydrogen-bond donors (Lipinski definition) is 0. The minimum atomic E-state index is -1.02. The van der Waals surface area contributed by atoms with Gasteiger partial charge < -0.3 is 18.6 Å². The van der Waals surface area contributed by atoms with Gasteiger partial charge in [0, 0.05) is 0 Å². The Hall–Kier alpha value is -5.03. The first kappa shape index (κ1) is 29.1. The van der Waals surface area contributed by atoms with Gasteiger partial charge in [-0.05, 0) is 62.2 Å². The number of amides is 1. The predicted octanol–water partition coefficient (Wildman–Crippen LogP) is 6.60. The molecule has 0 aliphatic carbocycles. The number of ether oxygens (including phenoxy) is 3. The zero-order valence-electron chi connectivity index (χ0n) is 24.1. The molecule has 1 aliphatic rings. The second-order valence-electron chi connectivity index (χ2n) is 9.94. The van der Waals surface area contributed by atoms with E-state index in [1.54, 1.807) is 32.0 Å². The summed E-state index contributed by atoms with van der Waals surface area (Å²) in [6, 6.07) is 17.3. The molecule has 1 atom stereocenters. The van der Waals surface area contributed by atoms with Crippen LogP contribution >= 0.6 is 11.3 Å². The van der Waals surface area contributed by atoms with E-state index in [2.05, 4.69) is 4.98 Å². The number of halogens is 1. The second-order valence-corrected chi connectivity index (χ2v) is 10.9. The van der Waals surface area contributed by atoms with Gasteiger partial charge in [0.1, 0.15) is 22.9 Å². The number of anilines is 1. The number of carbonyl (C=O) groups excluding carboxylic acids is 2. The van der Waals surface area contributed by atoms with Crippen molar-refractivity contribution in [3.63, 3.8) is 0 Å². The van der Waals surface area contributed by atoms with Crippen LogP contribution in [0.4, 0.5) is 9.52 Å². The zero-order valence-corrected chi connectivity index (χ0v) is 24.9. The minimum absolute atomic E-state index is 0.00113. The number of nitrogens with zero attached hydrogens (tertiary/aromatic N) is 2. The molecule has 6 rings (SSSR count). The van der Waals surface area contributed by atoms with Crippen LogP contribution in [0.15, 0.2) is 75.9 Å². The highest BCUT2D eigenvalue weighted by molar-refractivity contribution is 7.17. The number of fused-ring (bicyclic) bond motifs is 2. The lowest BCUT2D eigenvalue weighted by Gasteiger charge is -2.23. The van der Waals surface area contributed by atoms with Crippen molar-refractivity contribution in [3.8, 4) is 11.5 Å². The summed E-state index contributed by atoms with van der Waals surface area (Å²) >= 11 is 0.973. The summed E-state index contributed by atoms with van der Waals surface area (Å²) in [5.74, 6) is -1.12. The number of esters is 1. The Morgan fingerprint density at radius 3 is 2.55 bits per heavy atom. The molecule has 3 heterocycles. The first-order valence-corrected chi connectivity index (χ1v) is 14.8. The predicted molar refractivity (Wildman–Crippen MR) is 162 cm³/mol. The number of rotatable bonds is 9. The Morgan fingerprint density at radius 2 is 1.80 bits per heavy atom. The van der Waals surface area contributed by atoms with Gasteiger partial charge in [0.05, 0.1) is 35.9 Å². The molecule has 2 aromatic heterocycles. The first-order chi connectivity index (χ1) is 21.3. The summed E-state index contributed by atoms with van der Waals surface area (Å²) < 4.78 is 37.3. The SMILES string of the molecule is CCOC(=O)c1sc(N2C(=O)c3oc4ccc(F)cc4c(=O)c3C2c2ccc(OCc3ccccc3)c(OCC)c2)nc1C. The number of hydrogen-bond acceptors (Lipinski definition) is 9. The van der Waals surface area contributed by atoms with E-state index in [9.17, 15) is 18.8 Å². The fourth-order valence-corrected chi connectivity index (χ4v) is 6.13. The molecular formula is C33H27FN2O7S. The molecule has 0 saturated heterocycles. The van der Waals surface area contributed by atoms with Gasteiger partial charge in [-0.15, -0.1) is 0 Å². The molecule has 1 unspecified atom stereocenters. The van der Waals surface area contributed by atoms with Gasteiger partial charge in [-0.1, -0.05) is 47.7 Å². The second kappa shape index (κ2) is 11.9. The van der Waals surface area contributed by atoms with Gasteiger partial charge in [0.15, 0.2) is 22.1 Å². The molecule has 224 valence electrons. The lowest BCUT2D eigenvalue weighted by atomic mass is 9.98. The van der Waals surface area contributed by atoms with E-state index in [1.807, 2.05) is 37.3 Å². The quantitative estimate of drug-likeness (QED) is 0.171. The summed E-state index contributed by atoms with van der Waals surface area (Å²) in [6.45, 7) is 5.96. The highest BCUT2D eigenvalue weighted by Crippen LogP contribution is 2.45. The van der Waals surface area contributed by atoms with Gasteiger partial charge in [-0.2, -0.15) is 0 Å². The molecule has 0 radical (unpaired) electrons. The molecule has 9 nitrogen and oxygen atoms in total. The van der Waals surface area contributed by atoms with Crippen LogP contribution in [-0.2, 0) is 11.3 Å². The molecule has 44 heavy (non-hydrogen) atoms. The molecule has 0 bridgehead atoms. The number of carbonyl (C=O) groups is 2. The fourth-order valence-electron chi connectivity index (χ4n) is 5.15. The van der Waals surface area contributed by atoms with E-state index in [0.29, 0.717) is 36.0 Å². The fraction of sp³-hybridized carbons (Fsp3) is 0.212. The summed E-state index contributed by atoms with van der Waals surface area (Å²) in [6.07, 6.45) is 0. The van der Waals surface area contributed by atoms with Crippen LogP contribution in [0.1, 0.15) is 62.5 Å².